The van der Waals surface area contributed by atoms with Crippen LogP contribution in [-0.2, 0) is 18.4 Å². The average molecular weight is 559 g/mol. The van der Waals surface area contributed by atoms with Gasteiger partial charge >= 0.3 is 0 Å². The van der Waals surface area contributed by atoms with Gasteiger partial charge in [-0.1, -0.05) is 54.5 Å². The molecule has 41 heavy (non-hydrogen) atoms. The lowest BCUT2D eigenvalue weighted by atomic mass is 9.96. The number of hydrogen-bond donors (Lipinski definition) is 1. The summed E-state index contributed by atoms with van der Waals surface area (Å²) in [7, 11) is 3.66. The zero-order valence-corrected chi connectivity index (χ0v) is 24.5. The Kier molecular flexibility index (Phi) is 8.02. The number of aryl methyl sites for hydroxylation is 3. The molecule has 4 aromatic rings. The van der Waals surface area contributed by atoms with Crippen molar-refractivity contribution >= 4 is 22.7 Å². The second-order valence-corrected chi connectivity index (χ2v) is 11.2. The summed E-state index contributed by atoms with van der Waals surface area (Å²) < 4.78 is 13.8. The Morgan fingerprint density at radius 2 is 1.88 bits per heavy atom. The topological polar surface area (TPSA) is 101 Å². The maximum absolute atomic E-state index is 14.5. The summed E-state index contributed by atoms with van der Waals surface area (Å²) in [6.07, 6.45) is -0.392. The first-order valence-corrected chi connectivity index (χ1v) is 14.0. The van der Waals surface area contributed by atoms with E-state index in [4.69, 9.17) is 9.26 Å². The number of likely N-dealkylation sites (N-methyl/N-ethyl adjacent to an activating group) is 1. The second kappa shape index (κ2) is 11.5. The van der Waals surface area contributed by atoms with E-state index < -0.39 is 12.1 Å². The summed E-state index contributed by atoms with van der Waals surface area (Å²) in [4.78, 5) is 31.2. The van der Waals surface area contributed by atoms with Gasteiger partial charge in [-0.25, -0.2) is 0 Å². The van der Waals surface area contributed by atoms with Crippen molar-refractivity contribution < 1.29 is 24.0 Å². The number of aliphatic hydroxyl groups is 1. The Bertz CT molecular complexity index is 1570. The summed E-state index contributed by atoms with van der Waals surface area (Å²) in [5.41, 5.74) is 5.28. The molecule has 9 nitrogen and oxygen atoms in total. The number of fused-ring (bicyclic) bond motifs is 5. The molecule has 0 saturated heterocycles. The Balaban J connectivity index is 1.60. The summed E-state index contributed by atoms with van der Waals surface area (Å²) in [6.45, 7) is 8.13. The number of nitrogens with zero attached hydrogens (tertiary/aromatic N) is 4. The van der Waals surface area contributed by atoms with E-state index in [9.17, 15) is 14.7 Å². The molecule has 2 aromatic carbocycles. The Morgan fingerprint density at radius 3 is 2.59 bits per heavy atom. The van der Waals surface area contributed by atoms with Crippen molar-refractivity contribution in [3.05, 3.63) is 76.8 Å². The molecular weight excluding hydrogens is 520 g/mol. The predicted molar refractivity (Wildman–Crippen MR) is 157 cm³/mol. The van der Waals surface area contributed by atoms with Gasteiger partial charge in [0, 0.05) is 49.6 Å². The van der Waals surface area contributed by atoms with Crippen LogP contribution >= 0.6 is 0 Å². The standard InChI is InChI=1S/C32H38N4O5/c1-19-15-36(20(2)17-37)32(39)30-29(25-13-9-10-14-26(25)35(30)6)24-12-8-7-11-23(24)18-40-27(19)16-34(5)31(38)28-21(3)33-41-22(28)4/h7-14,19-20,27,37H,15-18H2,1-6H3/t19-,20+,27-/m0/s1. The summed E-state index contributed by atoms with van der Waals surface area (Å²) in [5, 5.41) is 15.1. The first kappa shape index (κ1) is 28.6. The molecule has 0 fully saturated rings. The van der Waals surface area contributed by atoms with E-state index in [1.165, 1.54) is 0 Å². The number of carbonyl (C=O) groups excluding carboxylic acids is 2. The molecule has 0 bridgehead atoms. The molecule has 9 heteroatoms. The van der Waals surface area contributed by atoms with Gasteiger partial charge in [0.25, 0.3) is 11.8 Å². The summed E-state index contributed by atoms with van der Waals surface area (Å²) >= 11 is 0. The van der Waals surface area contributed by atoms with Crippen LogP contribution in [0.4, 0.5) is 0 Å². The Morgan fingerprint density at radius 1 is 1.17 bits per heavy atom. The Labute approximate surface area is 240 Å². The van der Waals surface area contributed by atoms with Crippen molar-refractivity contribution in [3.8, 4) is 11.1 Å². The molecular formula is C32H38N4O5. The number of hydrogen-bond acceptors (Lipinski definition) is 6. The minimum absolute atomic E-state index is 0.150. The molecule has 5 rings (SSSR count). The lowest BCUT2D eigenvalue weighted by molar-refractivity contribution is -0.0210. The van der Waals surface area contributed by atoms with Crippen LogP contribution in [0.5, 0.6) is 0 Å². The third-order valence-electron chi connectivity index (χ3n) is 8.27. The normalized spacial score (nSPS) is 18.5. The second-order valence-electron chi connectivity index (χ2n) is 11.2. The molecule has 0 unspecified atom stereocenters. The molecule has 1 aliphatic heterocycles. The average Bonchev–Trinajstić information content (AvgIpc) is 3.46. The molecule has 2 aromatic heterocycles. The van der Waals surface area contributed by atoms with E-state index >= 15 is 0 Å². The van der Waals surface area contributed by atoms with Gasteiger partial charge in [0.15, 0.2) is 0 Å². The number of rotatable bonds is 5. The highest BCUT2D eigenvalue weighted by Crippen LogP contribution is 2.38. The van der Waals surface area contributed by atoms with Crippen molar-refractivity contribution in [2.24, 2.45) is 13.0 Å². The number of para-hydroxylation sites is 1. The molecule has 0 spiro atoms. The number of aliphatic hydroxyl groups excluding tert-OH is 1. The Hall–Kier alpha value is -3.95. The van der Waals surface area contributed by atoms with Gasteiger partial charge in [0.2, 0.25) is 0 Å². The van der Waals surface area contributed by atoms with E-state index in [0.29, 0.717) is 42.4 Å². The fourth-order valence-corrected chi connectivity index (χ4v) is 5.86. The molecule has 216 valence electrons. The first-order valence-electron chi connectivity index (χ1n) is 14.0. The van der Waals surface area contributed by atoms with E-state index in [1.54, 1.807) is 30.7 Å². The van der Waals surface area contributed by atoms with E-state index in [-0.39, 0.29) is 24.3 Å². The maximum atomic E-state index is 14.5. The van der Waals surface area contributed by atoms with Gasteiger partial charge in [-0.15, -0.1) is 0 Å². The first-order chi connectivity index (χ1) is 19.6. The van der Waals surface area contributed by atoms with Crippen LogP contribution < -0.4 is 0 Å². The van der Waals surface area contributed by atoms with Gasteiger partial charge in [-0.05, 0) is 38.0 Å². The molecule has 3 heterocycles. The van der Waals surface area contributed by atoms with E-state index in [1.807, 2.05) is 74.0 Å². The van der Waals surface area contributed by atoms with Crippen LogP contribution in [0.1, 0.15) is 51.7 Å². The van der Waals surface area contributed by atoms with Gasteiger partial charge in [-0.2, -0.15) is 0 Å². The van der Waals surface area contributed by atoms with Gasteiger partial charge < -0.3 is 28.7 Å². The predicted octanol–water partition coefficient (Wildman–Crippen LogP) is 4.58. The van der Waals surface area contributed by atoms with Crippen LogP contribution in [0.15, 0.2) is 53.1 Å². The minimum atomic E-state index is -0.422. The molecule has 0 radical (unpaired) electrons. The van der Waals surface area contributed by atoms with Crippen molar-refractivity contribution in [2.75, 3.05) is 26.7 Å². The van der Waals surface area contributed by atoms with Crippen molar-refractivity contribution in [1.29, 1.82) is 0 Å². The van der Waals surface area contributed by atoms with E-state index in [2.05, 4.69) is 5.16 Å². The molecule has 1 aliphatic rings. The fraction of sp³-hybridized carbons (Fsp3) is 0.406. The molecule has 3 atom stereocenters. The van der Waals surface area contributed by atoms with Crippen molar-refractivity contribution in [2.45, 2.75) is 46.4 Å². The molecule has 1 N–H and O–H groups in total. The number of benzene rings is 2. The van der Waals surface area contributed by atoms with Gasteiger partial charge in [0.05, 0.1) is 31.1 Å². The SMILES string of the molecule is Cc1noc(C)c1C(=O)N(C)C[C@@H]1OCc2ccccc2-c2c(n(C)c3ccccc23)C(=O)N([C@H](C)CO)C[C@@H]1C. The van der Waals surface area contributed by atoms with Crippen LogP contribution in [-0.4, -0.2) is 75.3 Å². The molecule has 0 aliphatic carbocycles. The van der Waals surface area contributed by atoms with Crippen molar-refractivity contribution in [3.63, 3.8) is 0 Å². The maximum Gasteiger partial charge on any atom is 0.271 e. The zero-order valence-electron chi connectivity index (χ0n) is 24.5. The monoisotopic (exact) mass is 558 g/mol. The van der Waals surface area contributed by atoms with Crippen LogP contribution in [0.2, 0.25) is 0 Å². The smallest absolute Gasteiger partial charge is 0.271 e. The third-order valence-corrected chi connectivity index (χ3v) is 8.27. The van der Waals surface area contributed by atoms with E-state index in [0.717, 1.165) is 27.6 Å². The lowest BCUT2D eigenvalue weighted by Crippen LogP contribution is -2.48. The number of aromatic nitrogens is 2. The van der Waals surface area contributed by atoms with Crippen LogP contribution in [0.3, 0.4) is 0 Å². The zero-order chi connectivity index (χ0) is 29.4. The molecule has 2 amide bonds. The third kappa shape index (κ3) is 5.15. The highest BCUT2D eigenvalue weighted by Gasteiger charge is 2.34. The number of ether oxygens (including phenoxy) is 1. The quantitative estimate of drug-likeness (QED) is 0.385. The van der Waals surface area contributed by atoms with Gasteiger partial charge in [0.1, 0.15) is 17.0 Å². The number of amides is 2. The highest BCUT2D eigenvalue weighted by atomic mass is 16.5. The lowest BCUT2D eigenvalue weighted by Gasteiger charge is -2.35. The fourth-order valence-electron chi connectivity index (χ4n) is 5.86. The van der Waals surface area contributed by atoms with Crippen LogP contribution in [0.25, 0.3) is 22.0 Å². The molecule has 0 saturated carbocycles. The van der Waals surface area contributed by atoms with Crippen LogP contribution in [0, 0.1) is 19.8 Å². The summed E-state index contributed by atoms with van der Waals surface area (Å²) in [6, 6.07) is 15.6. The van der Waals surface area contributed by atoms with Crippen molar-refractivity contribution in [1.82, 2.24) is 19.5 Å². The number of carbonyl (C=O) groups is 2. The largest absolute Gasteiger partial charge is 0.394 e. The minimum Gasteiger partial charge on any atom is -0.394 e. The highest BCUT2D eigenvalue weighted by molar-refractivity contribution is 6.10. The summed E-state index contributed by atoms with van der Waals surface area (Å²) in [5.74, 6) is -0.0236. The van der Waals surface area contributed by atoms with Gasteiger partial charge in [-0.3, -0.25) is 9.59 Å².